The fourth-order valence-corrected chi connectivity index (χ4v) is 2.17. The molecule has 0 aliphatic rings. The maximum absolute atomic E-state index is 12.2. The number of nitro benzene ring substituents is 1. The van der Waals surface area contributed by atoms with Crippen LogP contribution < -0.4 is 15.7 Å². The summed E-state index contributed by atoms with van der Waals surface area (Å²) in [5.41, 5.74) is -0.480. The summed E-state index contributed by atoms with van der Waals surface area (Å²) in [6.07, 6.45) is 0. The number of amides is 2. The molecule has 9 heteroatoms. The van der Waals surface area contributed by atoms with E-state index in [4.69, 9.17) is 11.6 Å². The molecule has 0 saturated heterocycles. The molecule has 0 saturated carbocycles. The van der Waals surface area contributed by atoms with Gasteiger partial charge in [-0.25, -0.2) is 0 Å². The standard InChI is InChI=1S/C15H12ClN3O5/c1-8(20)17-10-3-2-4-11(7-10)18-15(22)12-5-9(16)6-13(14(12)21)19(23)24/h2-7,21H,1H3,(H,17,20)(H,18,22)/p-1. The van der Waals surface area contributed by atoms with Gasteiger partial charge in [0.1, 0.15) is 0 Å². The van der Waals surface area contributed by atoms with Crippen molar-refractivity contribution in [1.82, 2.24) is 0 Å². The zero-order valence-corrected chi connectivity index (χ0v) is 13.1. The first kappa shape index (κ1) is 17.2. The molecule has 2 N–H and O–H groups in total. The van der Waals surface area contributed by atoms with Gasteiger partial charge in [-0.3, -0.25) is 19.7 Å². The fraction of sp³-hybridized carbons (Fsp3) is 0.0667. The van der Waals surface area contributed by atoms with Crippen LogP contribution in [0.1, 0.15) is 17.3 Å². The second kappa shape index (κ2) is 6.97. The van der Waals surface area contributed by atoms with Crippen molar-refractivity contribution in [2.45, 2.75) is 6.92 Å². The molecule has 0 fully saturated rings. The molecule has 24 heavy (non-hydrogen) atoms. The lowest BCUT2D eigenvalue weighted by atomic mass is 10.1. The Morgan fingerprint density at radius 3 is 2.33 bits per heavy atom. The van der Waals surface area contributed by atoms with Crippen molar-refractivity contribution in [3.63, 3.8) is 0 Å². The smallest absolute Gasteiger partial charge is 0.264 e. The van der Waals surface area contributed by atoms with Crippen LogP contribution in [0.4, 0.5) is 17.1 Å². The third kappa shape index (κ3) is 3.99. The van der Waals surface area contributed by atoms with E-state index in [0.717, 1.165) is 12.1 Å². The highest BCUT2D eigenvalue weighted by molar-refractivity contribution is 6.31. The number of anilines is 2. The molecule has 2 amide bonds. The first-order valence-electron chi connectivity index (χ1n) is 6.62. The van der Waals surface area contributed by atoms with Crippen LogP contribution in [0.5, 0.6) is 5.75 Å². The Morgan fingerprint density at radius 1 is 1.12 bits per heavy atom. The quantitative estimate of drug-likeness (QED) is 0.648. The molecule has 2 rings (SSSR count). The number of rotatable bonds is 4. The van der Waals surface area contributed by atoms with Gasteiger partial charge in [0.25, 0.3) is 11.6 Å². The molecule has 2 aromatic rings. The molecule has 0 radical (unpaired) electrons. The van der Waals surface area contributed by atoms with E-state index in [1.54, 1.807) is 12.1 Å². The number of carbonyl (C=O) groups is 2. The number of carbonyl (C=O) groups excluding carboxylic acids is 2. The summed E-state index contributed by atoms with van der Waals surface area (Å²) < 4.78 is 0. The number of halogens is 1. The summed E-state index contributed by atoms with van der Waals surface area (Å²) >= 11 is 5.72. The average molecular weight is 349 g/mol. The van der Waals surface area contributed by atoms with Crippen LogP contribution in [0, 0.1) is 10.1 Å². The van der Waals surface area contributed by atoms with Crippen LogP contribution in [0.3, 0.4) is 0 Å². The summed E-state index contributed by atoms with van der Waals surface area (Å²) in [6, 6.07) is 8.15. The van der Waals surface area contributed by atoms with Crippen molar-refractivity contribution in [3.8, 4) is 5.75 Å². The molecule has 8 nitrogen and oxygen atoms in total. The molecular weight excluding hydrogens is 338 g/mol. The van der Waals surface area contributed by atoms with Crippen LogP contribution in [0.15, 0.2) is 36.4 Å². The van der Waals surface area contributed by atoms with Crippen molar-refractivity contribution >= 4 is 40.5 Å². The van der Waals surface area contributed by atoms with Gasteiger partial charge < -0.3 is 15.7 Å². The number of nitro groups is 1. The third-order valence-corrected chi connectivity index (χ3v) is 3.13. The van der Waals surface area contributed by atoms with Gasteiger partial charge in [0.15, 0.2) is 0 Å². The predicted octanol–water partition coefficient (Wildman–Crippen LogP) is 2.53. The van der Waals surface area contributed by atoms with Crippen molar-refractivity contribution in [2.24, 2.45) is 0 Å². The fourth-order valence-electron chi connectivity index (χ4n) is 1.96. The lowest BCUT2D eigenvalue weighted by Crippen LogP contribution is -2.16. The zero-order chi connectivity index (χ0) is 17.9. The summed E-state index contributed by atoms with van der Waals surface area (Å²) in [5, 5.41) is 27.7. The minimum absolute atomic E-state index is 0.0987. The molecule has 0 aromatic heterocycles. The Morgan fingerprint density at radius 2 is 1.75 bits per heavy atom. The summed E-state index contributed by atoms with van der Waals surface area (Å²) in [5.74, 6) is -2.16. The predicted molar refractivity (Wildman–Crippen MR) is 86.3 cm³/mol. The first-order valence-corrected chi connectivity index (χ1v) is 6.99. The van der Waals surface area contributed by atoms with Crippen LogP contribution in [-0.2, 0) is 4.79 Å². The summed E-state index contributed by atoms with van der Waals surface area (Å²) in [7, 11) is 0. The highest BCUT2D eigenvalue weighted by atomic mass is 35.5. The van der Waals surface area contributed by atoms with E-state index in [1.807, 2.05) is 0 Å². The topological polar surface area (TPSA) is 124 Å². The van der Waals surface area contributed by atoms with Crippen molar-refractivity contribution in [3.05, 3.63) is 57.1 Å². The minimum Gasteiger partial charge on any atom is -0.867 e. The molecule has 0 atom stereocenters. The maximum atomic E-state index is 12.2. The van der Waals surface area contributed by atoms with Crippen LogP contribution in [0.2, 0.25) is 5.02 Å². The van der Waals surface area contributed by atoms with E-state index in [-0.39, 0.29) is 10.9 Å². The Labute approximate surface area is 141 Å². The van der Waals surface area contributed by atoms with Gasteiger partial charge in [-0.2, -0.15) is 0 Å². The molecule has 0 aliphatic carbocycles. The molecule has 0 aliphatic heterocycles. The number of hydrogen-bond acceptors (Lipinski definition) is 5. The Balaban J connectivity index is 2.31. The first-order chi connectivity index (χ1) is 11.3. The molecule has 0 bridgehead atoms. The normalized spacial score (nSPS) is 10.1. The van der Waals surface area contributed by atoms with Crippen molar-refractivity contribution in [2.75, 3.05) is 10.6 Å². The Kier molecular flexibility index (Phi) is 5.00. The van der Waals surface area contributed by atoms with Gasteiger partial charge in [0, 0.05) is 35.0 Å². The van der Waals surface area contributed by atoms with Gasteiger partial charge in [0.2, 0.25) is 5.91 Å². The van der Waals surface area contributed by atoms with Crippen LogP contribution >= 0.6 is 11.6 Å². The van der Waals surface area contributed by atoms with Crippen molar-refractivity contribution in [1.29, 1.82) is 0 Å². The highest BCUT2D eigenvalue weighted by Crippen LogP contribution is 2.31. The average Bonchev–Trinajstić information content (AvgIpc) is 2.48. The molecule has 2 aromatic carbocycles. The highest BCUT2D eigenvalue weighted by Gasteiger charge is 2.17. The van der Waals surface area contributed by atoms with Gasteiger partial charge in [0.05, 0.1) is 4.92 Å². The van der Waals surface area contributed by atoms with E-state index in [2.05, 4.69) is 10.6 Å². The van der Waals surface area contributed by atoms with E-state index in [9.17, 15) is 24.8 Å². The lowest BCUT2D eigenvalue weighted by Gasteiger charge is -2.14. The van der Waals surface area contributed by atoms with E-state index in [1.165, 1.54) is 19.1 Å². The molecule has 0 spiro atoms. The summed E-state index contributed by atoms with van der Waals surface area (Å²) in [6.45, 7) is 1.33. The van der Waals surface area contributed by atoms with Gasteiger partial charge in [-0.1, -0.05) is 17.7 Å². The van der Waals surface area contributed by atoms with Crippen molar-refractivity contribution < 1.29 is 19.6 Å². The maximum Gasteiger partial charge on any atom is 0.264 e. The third-order valence-electron chi connectivity index (χ3n) is 2.92. The molecular formula is C15H11ClN3O5-. The zero-order valence-electron chi connectivity index (χ0n) is 12.3. The minimum atomic E-state index is -1.03. The number of benzene rings is 2. The second-order valence-electron chi connectivity index (χ2n) is 4.77. The van der Waals surface area contributed by atoms with Gasteiger partial charge >= 0.3 is 0 Å². The number of nitrogens with zero attached hydrogens (tertiary/aromatic N) is 1. The van der Waals surface area contributed by atoms with Gasteiger partial charge in [-0.15, -0.1) is 0 Å². The van der Waals surface area contributed by atoms with E-state index >= 15 is 0 Å². The lowest BCUT2D eigenvalue weighted by molar-refractivity contribution is -0.398. The monoisotopic (exact) mass is 348 g/mol. The van der Waals surface area contributed by atoms with Crippen LogP contribution in [0.25, 0.3) is 0 Å². The Bertz CT molecular complexity index is 838. The van der Waals surface area contributed by atoms with E-state index < -0.39 is 27.8 Å². The van der Waals surface area contributed by atoms with Crippen LogP contribution in [-0.4, -0.2) is 16.7 Å². The molecule has 124 valence electrons. The van der Waals surface area contributed by atoms with Gasteiger partial charge in [-0.05, 0) is 30.0 Å². The number of nitrogens with one attached hydrogen (secondary N) is 2. The number of hydrogen-bond donors (Lipinski definition) is 2. The Hall–Kier alpha value is -3.13. The van der Waals surface area contributed by atoms with E-state index in [0.29, 0.717) is 11.4 Å². The molecule has 0 heterocycles. The SMILES string of the molecule is CC(=O)Nc1cccc(NC(=O)c2cc(Cl)cc([N+](=O)[O-])c2[O-])c1. The largest absolute Gasteiger partial charge is 0.867 e. The molecule has 0 unspecified atom stereocenters. The summed E-state index contributed by atoms with van der Waals surface area (Å²) in [4.78, 5) is 33.2. The second-order valence-corrected chi connectivity index (χ2v) is 5.21.